The molecule has 7 nitrogen and oxygen atoms in total. The first-order valence-electron chi connectivity index (χ1n) is 5.74. The van der Waals surface area contributed by atoms with E-state index in [1.54, 1.807) is 19.0 Å². The van der Waals surface area contributed by atoms with E-state index in [0.717, 1.165) is 19.3 Å². The average Bonchev–Trinajstić information content (AvgIpc) is 2.18. The summed E-state index contributed by atoms with van der Waals surface area (Å²) in [7, 11) is 3.59. The molecule has 1 rings (SSSR count). The third kappa shape index (κ3) is 4.99. The molecule has 0 saturated heterocycles. The minimum Gasteiger partial charge on any atom is -0.350 e. The minimum absolute atomic E-state index is 0.126. The van der Waals surface area contributed by atoms with E-state index in [4.69, 9.17) is 0 Å². The van der Waals surface area contributed by atoms with Crippen LogP contribution in [0.15, 0.2) is 0 Å². The van der Waals surface area contributed by atoms with Gasteiger partial charge in [0.05, 0.1) is 12.6 Å². The summed E-state index contributed by atoms with van der Waals surface area (Å²) in [5.74, 6) is -0.126. The Balaban J connectivity index is 2.47. The molecule has 1 N–H and O–H groups in total. The van der Waals surface area contributed by atoms with Crippen molar-refractivity contribution in [1.82, 2.24) is 10.2 Å². The Bertz CT molecular complexity index is 283. The van der Waals surface area contributed by atoms with Crippen LogP contribution in [0.4, 0.5) is 0 Å². The number of carbonyl (C=O) groups excluding carboxylic acids is 1. The summed E-state index contributed by atoms with van der Waals surface area (Å²) in [5.41, 5.74) is 0. The normalized spacial score (nSPS) is 24.4. The van der Waals surface area contributed by atoms with Gasteiger partial charge in [-0.3, -0.25) is 4.79 Å². The van der Waals surface area contributed by atoms with Crippen molar-refractivity contribution in [3.63, 3.8) is 0 Å². The molecular weight excluding hydrogens is 226 g/mol. The van der Waals surface area contributed by atoms with Crippen LogP contribution in [0, 0.1) is 10.1 Å². The Morgan fingerprint density at radius 1 is 1.47 bits per heavy atom. The van der Waals surface area contributed by atoms with Crippen LogP contribution < -0.4 is 5.32 Å². The van der Waals surface area contributed by atoms with Crippen molar-refractivity contribution in [2.75, 3.05) is 20.6 Å². The molecule has 1 saturated carbocycles. The van der Waals surface area contributed by atoms with Gasteiger partial charge in [-0.15, -0.1) is 10.1 Å². The molecule has 1 aliphatic carbocycles. The van der Waals surface area contributed by atoms with E-state index < -0.39 is 11.2 Å². The number of nitrogens with zero attached hydrogens (tertiary/aromatic N) is 2. The fourth-order valence-electron chi connectivity index (χ4n) is 2.04. The van der Waals surface area contributed by atoms with Gasteiger partial charge in [-0.05, 0) is 26.9 Å². The first kappa shape index (κ1) is 13.7. The van der Waals surface area contributed by atoms with Crippen LogP contribution >= 0.6 is 0 Å². The van der Waals surface area contributed by atoms with E-state index in [1.807, 2.05) is 0 Å². The molecule has 0 aliphatic heterocycles. The molecule has 17 heavy (non-hydrogen) atoms. The second kappa shape index (κ2) is 6.39. The van der Waals surface area contributed by atoms with E-state index >= 15 is 0 Å². The van der Waals surface area contributed by atoms with Crippen molar-refractivity contribution in [1.29, 1.82) is 0 Å². The number of nitrogens with one attached hydrogen (secondary N) is 1. The number of hydrogen-bond donors (Lipinski definition) is 1. The zero-order valence-electron chi connectivity index (χ0n) is 10.2. The molecule has 1 aliphatic rings. The van der Waals surface area contributed by atoms with Crippen LogP contribution in [0.25, 0.3) is 0 Å². The second-order valence-electron chi connectivity index (χ2n) is 4.56. The summed E-state index contributed by atoms with van der Waals surface area (Å²) in [6.45, 7) is 0.279. The van der Waals surface area contributed by atoms with Crippen molar-refractivity contribution in [2.24, 2.45) is 0 Å². The lowest BCUT2D eigenvalue weighted by Gasteiger charge is -2.30. The van der Waals surface area contributed by atoms with Gasteiger partial charge in [0.1, 0.15) is 6.10 Å². The van der Waals surface area contributed by atoms with E-state index in [2.05, 4.69) is 10.2 Å². The molecule has 98 valence electrons. The quantitative estimate of drug-likeness (QED) is 0.552. The minimum atomic E-state index is -0.777. The Morgan fingerprint density at radius 3 is 2.71 bits per heavy atom. The maximum atomic E-state index is 11.6. The summed E-state index contributed by atoms with van der Waals surface area (Å²) in [5, 5.41) is 12.4. The summed E-state index contributed by atoms with van der Waals surface area (Å²) >= 11 is 0. The van der Waals surface area contributed by atoms with Crippen LogP contribution in [0.3, 0.4) is 0 Å². The highest BCUT2D eigenvalue weighted by molar-refractivity contribution is 5.78. The number of amides is 1. The summed E-state index contributed by atoms with van der Waals surface area (Å²) in [6, 6.07) is -0.249. The van der Waals surface area contributed by atoms with Gasteiger partial charge in [0.2, 0.25) is 5.91 Å². The zero-order chi connectivity index (χ0) is 12.8. The molecule has 2 unspecified atom stereocenters. The number of likely N-dealkylation sites (N-methyl/N-ethyl adjacent to an activating group) is 1. The fraction of sp³-hybridized carbons (Fsp3) is 0.900. The number of rotatable bonds is 5. The number of carbonyl (C=O) groups is 1. The van der Waals surface area contributed by atoms with Gasteiger partial charge in [-0.2, -0.15) is 0 Å². The molecule has 7 heteroatoms. The largest absolute Gasteiger partial charge is 0.350 e. The lowest BCUT2D eigenvalue weighted by Crippen LogP contribution is -2.49. The van der Waals surface area contributed by atoms with Gasteiger partial charge in [-0.1, -0.05) is 12.8 Å². The zero-order valence-corrected chi connectivity index (χ0v) is 10.2. The van der Waals surface area contributed by atoms with Gasteiger partial charge in [-0.25, -0.2) is 0 Å². The van der Waals surface area contributed by atoms with Gasteiger partial charge in [0.15, 0.2) is 0 Å². The molecule has 1 fully saturated rings. The van der Waals surface area contributed by atoms with Crippen molar-refractivity contribution in [3.8, 4) is 0 Å². The maximum Gasteiger partial charge on any atom is 0.294 e. The molecule has 0 heterocycles. The highest BCUT2D eigenvalue weighted by atomic mass is 17.0. The molecule has 0 bridgehead atoms. The van der Waals surface area contributed by atoms with Gasteiger partial charge in [0.25, 0.3) is 5.09 Å². The molecule has 0 aromatic carbocycles. The fourth-order valence-corrected chi connectivity index (χ4v) is 2.04. The van der Waals surface area contributed by atoms with Crippen LogP contribution in [-0.4, -0.2) is 48.7 Å². The summed E-state index contributed by atoms with van der Waals surface area (Å²) in [6.07, 6.45) is 2.71. The van der Waals surface area contributed by atoms with Gasteiger partial charge < -0.3 is 15.1 Å². The van der Waals surface area contributed by atoms with Crippen LogP contribution in [0.2, 0.25) is 0 Å². The predicted molar refractivity (Wildman–Crippen MR) is 60.8 cm³/mol. The maximum absolute atomic E-state index is 11.6. The molecule has 0 radical (unpaired) electrons. The lowest BCUT2D eigenvalue weighted by atomic mass is 9.92. The van der Waals surface area contributed by atoms with Crippen molar-refractivity contribution >= 4 is 5.91 Å². The third-order valence-corrected chi connectivity index (χ3v) is 2.73. The van der Waals surface area contributed by atoms with E-state index in [-0.39, 0.29) is 18.5 Å². The lowest BCUT2D eigenvalue weighted by molar-refractivity contribution is -0.770. The van der Waals surface area contributed by atoms with Gasteiger partial charge >= 0.3 is 0 Å². The van der Waals surface area contributed by atoms with E-state index in [9.17, 15) is 14.9 Å². The van der Waals surface area contributed by atoms with Crippen LogP contribution in [0.5, 0.6) is 0 Å². The standard InChI is InChI=1S/C10H19N3O4/c1-12(2)7-10(14)11-8-5-3-4-6-9(8)17-13(15)16/h8-9H,3-7H2,1-2H3,(H,11,14). The van der Waals surface area contributed by atoms with Gasteiger partial charge in [0, 0.05) is 0 Å². The molecule has 0 spiro atoms. The Kier molecular flexibility index (Phi) is 5.14. The average molecular weight is 245 g/mol. The topological polar surface area (TPSA) is 84.7 Å². The Labute approximate surface area is 100 Å². The van der Waals surface area contributed by atoms with Crippen LogP contribution in [0.1, 0.15) is 25.7 Å². The molecule has 2 atom stereocenters. The van der Waals surface area contributed by atoms with Crippen LogP contribution in [-0.2, 0) is 9.63 Å². The Morgan fingerprint density at radius 2 is 2.12 bits per heavy atom. The van der Waals surface area contributed by atoms with Crippen molar-refractivity contribution in [2.45, 2.75) is 37.8 Å². The summed E-state index contributed by atoms with van der Waals surface area (Å²) in [4.78, 5) is 28.3. The molecule has 0 aromatic heterocycles. The number of hydrogen-bond acceptors (Lipinski definition) is 5. The summed E-state index contributed by atoms with van der Waals surface area (Å²) < 4.78 is 0. The first-order valence-corrected chi connectivity index (χ1v) is 5.74. The third-order valence-electron chi connectivity index (χ3n) is 2.73. The van der Waals surface area contributed by atoms with Crippen molar-refractivity contribution < 1.29 is 14.7 Å². The molecule has 1 amide bonds. The van der Waals surface area contributed by atoms with E-state index in [1.165, 1.54) is 0 Å². The van der Waals surface area contributed by atoms with E-state index in [0.29, 0.717) is 6.42 Å². The second-order valence-corrected chi connectivity index (χ2v) is 4.56. The smallest absolute Gasteiger partial charge is 0.294 e. The SMILES string of the molecule is CN(C)CC(=O)NC1CCCCC1O[N+](=O)[O-]. The molecule has 0 aromatic rings. The van der Waals surface area contributed by atoms with Crippen molar-refractivity contribution in [3.05, 3.63) is 10.1 Å². The first-order chi connectivity index (χ1) is 7.99. The molecular formula is C10H19N3O4. The highest BCUT2D eigenvalue weighted by Crippen LogP contribution is 2.21. The monoisotopic (exact) mass is 245 g/mol. The Hall–Kier alpha value is -1.37. The highest BCUT2D eigenvalue weighted by Gasteiger charge is 2.29. The predicted octanol–water partition coefficient (Wildman–Crippen LogP) is 0.184.